The average Bonchev–Trinajstić information content (AvgIpc) is 2.46. The van der Waals surface area contributed by atoms with Crippen molar-refractivity contribution in [3.05, 3.63) is 63.7 Å². The minimum Gasteiger partial charge on any atom is -0.479 e. The number of hydrogen-bond donors (Lipinski definition) is 1. The molecule has 2 N–H and O–H groups in total. The first kappa shape index (κ1) is 14.4. The van der Waals surface area contributed by atoms with Crippen molar-refractivity contribution in [3.8, 4) is 17.6 Å². The largest absolute Gasteiger partial charge is 0.479 e. The fourth-order valence-corrected chi connectivity index (χ4v) is 1.76. The third-order valence-corrected chi connectivity index (χ3v) is 2.86. The summed E-state index contributed by atoms with van der Waals surface area (Å²) < 4.78 is 5.45. The summed E-state index contributed by atoms with van der Waals surface area (Å²) in [6, 6.07) is 11.8. The fraction of sp³-hybridized carbons (Fsp3) is 0.125. The first-order valence-electron chi connectivity index (χ1n) is 6.29. The van der Waals surface area contributed by atoms with Crippen LogP contribution in [0.2, 0.25) is 0 Å². The van der Waals surface area contributed by atoms with Crippen LogP contribution in [0.4, 0.5) is 11.4 Å². The van der Waals surface area contributed by atoms with Crippen molar-refractivity contribution in [2.24, 2.45) is 0 Å². The molecule has 5 nitrogen and oxygen atoms in total. The lowest BCUT2D eigenvalue weighted by molar-refractivity contribution is -0.384. The van der Waals surface area contributed by atoms with Gasteiger partial charge in [-0.15, -0.1) is 0 Å². The highest BCUT2D eigenvalue weighted by Crippen LogP contribution is 2.19. The van der Waals surface area contributed by atoms with Crippen molar-refractivity contribution < 1.29 is 9.66 Å². The second-order valence-corrected chi connectivity index (χ2v) is 4.38. The molecule has 2 rings (SSSR count). The lowest BCUT2D eigenvalue weighted by atomic mass is 10.1. The number of anilines is 1. The Morgan fingerprint density at radius 2 is 2.05 bits per heavy atom. The second-order valence-electron chi connectivity index (χ2n) is 4.38. The summed E-state index contributed by atoms with van der Waals surface area (Å²) in [5.41, 5.74) is 7.87. The van der Waals surface area contributed by atoms with Gasteiger partial charge in [-0.05, 0) is 30.7 Å². The molecule has 0 aliphatic heterocycles. The van der Waals surface area contributed by atoms with E-state index in [-0.39, 0.29) is 12.3 Å². The number of nitrogens with zero attached hydrogens (tertiary/aromatic N) is 1. The van der Waals surface area contributed by atoms with Gasteiger partial charge in [-0.3, -0.25) is 10.1 Å². The molecule has 5 heteroatoms. The number of aryl methyl sites for hydroxylation is 1. The number of ether oxygens (including phenoxy) is 1. The van der Waals surface area contributed by atoms with Gasteiger partial charge in [0.05, 0.1) is 10.6 Å². The predicted octanol–water partition coefficient (Wildman–Crippen LogP) is 2.92. The van der Waals surface area contributed by atoms with E-state index in [1.807, 2.05) is 12.1 Å². The van der Waals surface area contributed by atoms with Crippen LogP contribution in [0.5, 0.6) is 5.75 Å². The Balaban J connectivity index is 2.03. The van der Waals surface area contributed by atoms with Crippen molar-refractivity contribution >= 4 is 11.4 Å². The molecule has 0 aliphatic carbocycles. The van der Waals surface area contributed by atoms with E-state index < -0.39 is 4.92 Å². The van der Waals surface area contributed by atoms with E-state index in [1.165, 1.54) is 12.1 Å². The molecule has 0 saturated carbocycles. The van der Waals surface area contributed by atoms with Gasteiger partial charge in [0, 0.05) is 17.7 Å². The van der Waals surface area contributed by atoms with Crippen LogP contribution in [0.15, 0.2) is 42.5 Å². The number of nitro benzene ring substituents is 1. The zero-order valence-electron chi connectivity index (χ0n) is 11.5. The number of nitrogens with two attached hydrogens (primary N) is 1. The molecule has 0 aliphatic rings. The zero-order valence-corrected chi connectivity index (χ0v) is 11.5. The molecule has 0 amide bonds. The van der Waals surface area contributed by atoms with Crippen LogP contribution in [-0.4, -0.2) is 11.5 Å². The summed E-state index contributed by atoms with van der Waals surface area (Å²) in [4.78, 5) is 10.2. The second kappa shape index (κ2) is 6.44. The maximum Gasteiger partial charge on any atom is 0.269 e. The van der Waals surface area contributed by atoms with Gasteiger partial charge in [0.25, 0.3) is 5.69 Å². The number of hydrogen-bond acceptors (Lipinski definition) is 4. The molecule has 106 valence electrons. The van der Waals surface area contributed by atoms with Crippen molar-refractivity contribution in [1.82, 2.24) is 0 Å². The van der Waals surface area contributed by atoms with Crippen molar-refractivity contribution in [2.75, 3.05) is 12.3 Å². The van der Waals surface area contributed by atoms with Gasteiger partial charge in [0.1, 0.15) is 12.4 Å². The molecule has 21 heavy (non-hydrogen) atoms. The van der Waals surface area contributed by atoms with Crippen LogP contribution in [-0.2, 0) is 0 Å². The summed E-state index contributed by atoms with van der Waals surface area (Å²) in [6.07, 6.45) is 0. The topological polar surface area (TPSA) is 78.4 Å². The molecule has 0 spiro atoms. The Bertz CT molecular complexity index is 730. The highest BCUT2D eigenvalue weighted by atomic mass is 16.6. The monoisotopic (exact) mass is 282 g/mol. The fourth-order valence-electron chi connectivity index (χ4n) is 1.76. The smallest absolute Gasteiger partial charge is 0.269 e. The van der Waals surface area contributed by atoms with Crippen LogP contribution < -0.4 is 10.5 Å². The third kappa shape index (κ3) is 3.74. The Morgan fingerprint density at radius 3 is 2.71 bits per heavy atom. The number of para-hydroxylation sites is 2. The zero-order chi connectivity index (χ0) is 15.2. The van der Waals surface area contributed by atoms with Gasteiger partial charge in [-0.1, -0.05) is 24.0 Å². The molecular formula is C16H14N2O3. The standard InChI is InChI=1S/C16H14N2O3/c1-12-11-14(18(19)20)9-8-13(12)5-4-10-21-16-7-3-2-6-15(16)17/h2-3,6-9,11H,10,17H2,1H3. The van der Waals surface area contributed by atoms with Crippen LogP contribution in [0, 0.1) is 28.9 Å². The first-order valence-corrected chi connectivity index (χ1v) is 6.29. The summed E-state index contributed by atoms with van der Waals surface area (Å²) >= 11 is 0. The van der Waals surface area contributed by atoms with E-state index in [9.17, 15) is 10.1 Å². The number of rotatable bonds is 3. The first-order chi connectivity index (χ1) is 10.1. The molecule has 2 aromatic carbocycles. The summed E-state index contributed by atoms with van der Waals surface area (Å²) in [5, 5.41) is 10.7. The minimum atomic E-state index is -0.425. The lowest BCUT2D eigenvalue weighted by Gasteiger charge is -2.04. The Hall–Kier alpha value is -3.00. The average molecular weight is 282 g/mol. The van der Waals surface area contributed by atoms with Gasteiger partial charge >= 0.3 is 0 Å². The molecule has 0 unspecified atom stereocenters. The van der Waals surface area contributed by atoms with E-state index in [4.69, 9.17) is 10.5 Å². The molecule has 0 saturated heterocycles. The van der Waals surface area contributed by atoms with E-state index in [0.717, 1.165) is 11.1 Å². The minimum absolute atomic E-state index is 0.0614. The molecule has 0 atom stereocenters. The molecule has 0 bridgehead atoms. The van der Waals surface area contributed by atoms with Crippen LogP contribution in [0.25, 0.3) is 0 Å². The number of nitro groups is 1. The Morgan fingerprint density at radius 1 is 1.29 bits per heavy atom. The molecule has 0 radical (unpaired) electrons. The van der Waals surface area contributed by atoms with E-state index in [2.05, 4.69) is 11.8 Å². The Kier molecular flexibility index (Phi) is 4.42. The molecule has 0 fully saturated rings. The quantitative estimate of drug-likeness (QED) is 0.406. The summed E-state index contributed by atoms with van der Waals surface area (Å²) in [6.45, 7) is 1.98. The SMILES string of the molecule is Cc1cc([N+](=O)[O-])ccc1C#CCOc1ccccc1N. The highest BCUT2D eigenvalue weighted by molar-refractivity contribution is 5.52. The molecule has 2 aromatic rings. The van der Waals surface area contributed by atoms with Gasteiger partial charge in [0.2, 0.25) is 0 Å². The van der Waals surface area contributed by atoms with Crippen molar-refractivity contribution in [2.45, 2.75) is 6.92 Å². The molecule has 0 aromatic heterocycles. The summed E-state index contributed by atoms with van der Waals surface area (Å²) in [7, 11) is 0. The van der Waals surface area contributed by atoms with Crippen LogP contribution in [0.3, 0.4) is 0 Å². The maximum atomic E-state index is 10.7. The van der Waals surface area contributed by atoms with Gasteiger partial charge in [-0.2, -0.15) is 0 Å². The van der Waals surface area contributed by atoms with Gasteiger partial charge < -0.3 is 10.5 Å². The van der Waals surface area contributed by atoms with E-state index in [0.29, 0.717) is 11.4 Å². The van der Waals surface area contributed by atoms with Crippen molar-refractivity contribution in [3.63, 3.8) is 0 Å². The number of benzene rings is 2. The molecule has 0 heterocycles. The van der Waals surface area contributed by atoms with Gasteiger partial charge in [0.15, 0.2) is 0 Å². The maximum absolute atomic E-state index is 10.7. The third-order valence-electron chi connectivity index (χ3n) is 2.86. The van der Waals surface area contributed by atoms with Crippen LogP contribution >= 0.6 is 0 Å². The lowest BCUT2D eigenvalue weighted by Crippen LogP contribution is -1.98. The van der Waals surface area contributed by atoms with Gasteiger partial charge in [-0.25, -0.2) is 0 Å². The Labute approximate surface area is 122 Å². The number of non-ortho nitro benzene ring substituents is 1. The van der Waals surface area contributed by atoms with Crippen LogP contribution in [0.1, 0.15) is 11.1 Å². The normalized spacial score (nSPS) is 9.57. The molecular weight excluding hydrogens is 268 g/mol. The summed E-state index contributed by atoms with van der Waals surface area (Å²) in [5.74, 6) is 6.39. The van der Waals surface area contributed by atoms with Crippen molar-refractivity contribution in [1.29, 1.82) is 0 Å². The van der Waals surface area contributed by atoms with E-state index in [1.54, 1.807) is 25.1 Å². The highest BCUT2D eigenvalue weighted by Gasteiger charge is 2.06. The number of nitrogen functional groups attached to an aromatic ring is 1. The predicted molar refractivity (Wildman–Crippen MR) is 81.1 cm³/mol. The van der Waals surface area contributed by atoms with E-state index >= 15 is 0 Å².